The van der Waals surface area contributed by atoms with Gasteiger partial charge >= 0.3 is 13.2 Å². The van der Waals surface area contributed by atoms with E-state index in [9.17, 15) is 27.5 Å². The van der Waals surface area contributed by atoms with Gasteiger partial charge in [-0.3, -0.25) is 4.79 Å². The van der Waals surface area contributed by atoms with Gasteiger partial charge in [0, 0.05) is 0 Å². The van der Waals surface area contributed by atoms with Gasteiger partial charge in [-0.2, -0.15) is 17.6 Å². The summed E-state index contributed by atoms with van der Waals surface area (Å²) >= 11 is 0. The first-order valence-electron chi connectivity index (χ1n) is 7.91. The number of nitrogens with one attached hydrogen (secondary N) is 1. The van der Waals surface area contributed by atoms with Gasteiger partial charge in [-0.25, -0.2) is 0 Å². The molecule has 0 heterocycles. The molecule has 0 aliphatic rings. The van der Waals surface area contributed by atoms with Gasteiger partial charge in [-0.15, -0.1) is 0 Å². The molecule has 0 spiro atoms. The highest BCUT2D eigenvalue weighted by atomic mass is 19.3. The molecule has 1 amide bonds. The second-order valence-corrected chi connectivity index (χ2v) is 6.75. The van der Waals surface area contributed by atoms with Crippen LogP contribution >= 0.6 is 0 Å². The smallest absolute Gasteiger partial charge is 0.387 e. The van der Waals surface area contributed by atoms with Gasteiger partial charge in [0.15, 0.2) is 0 Å². The number of halogens is 4. The summed E-state index contributed by atoms with van der Waals surface area (Å²) in [5, 5.41) is 12.5. The number of hydrogen-bond donors (Lipinski definition) is 2. The minimum Gasteiger partial charge on any atom is -0.435 e. The van der Waals surface area contributed by atoms with E-state index in [0.29, 0.717) is 0 Å². The number of carbonyl (C=O) groups excluding carboxylic acids is 1. The van der Waals surface area contributed by atoms with E-state index >= 15 is 0 Å². The molecule has 2 N–H and O–H groups in total. The van der Waals surface area contributed by atoms with E-state index in [1.54, 1.807) is 20.8 Å². The zero-order chi connectivity index (χ0) is 19.9. The average Bonchev–Trinajstić information content (AvgIpc) is 2.49. The molecule has 0 radical (unpaired) electrons. The topological polar surface area (TPSA) is 67.8 Å². The summed E-state index contributed by atoms with van der Waals surface area (Å²) in [5.74, 6) is -0.765. The van der Waals surface area contributed by atoms with Gasteiger partial charge in [0.2, 0.25) is 5.91 Å². The number of aliphatic hydroxyl groups is 1. The summed E-state index contributed by atoms with van der Waals surface area (Å²) in [7, 11) is 0. The van der Waals surface area contributed by atoms with E-state index in [-0.39, 0.29) is 17.7 Å². The molecule has 0 aromatic heterocycles. The molecule has 2 atom stereocenters. The monoisotopic (exact) mass is 381 g/mol. The van der Waals surface area contributed by atoms with Crippen molar-refractivity contribution in [2.45, 2.75) is 52.6 Å². The summed E-state index contributed by atoms with van der Waals surface area (Å²) in [6.07, 6.45) is -1.20. The Morgan fingerprint density at radius 3 is 2.38 bits per heavy atom. The average molecular weight is 381 g/mol. The van der Waals surface area contributed by atoms with Crippen LogP contribution in [0.1, 0.15) is 38.8 Å². The summed E-state index contributed by atoms with van der Waals surface area (Å²) in [4.78, 5) is 12.1. The molecule has 9 heteroatoms. The number of aliphatic hydroxyl groups excluding tert-OH is 1. The molecule has 148 valence electrons. The summed E-state index contributed by atoms with van der Waals surface area (Å²) in [6, 6.07) is 4.29. The van der Waals surface area contributed by atoms with E-state index in [2.05, 4.69) is 14.8 Å². The molecule has 0 unspecified atom stereocenters. The standard InChI is InChI=1S/C17H23F4NO4/c1-17(2,3)13(23)8-14(24)22-12(9-25-15(18)19)10-5-4-6-11(7-10)26-16(20)21/h4-7,12-13,15-16,23H,8-9H2,1-3H3,(H,22,24)/t12-,13+/m0/s1. The van der Waals surface area contributed by atoms with Crippen LogP contribution in [0.3, 0.4) is 0 Å². The first-order chi connectivity index (χ1) is 12.0. The lowest BCUT2D eigenvalue weighted by Crippen LogP contribution is -2.37. The maximum atomic E-state index is 12.4. The van der Waals surface area contributed by atoms with Crippen molar-refractivity contribution in [3.8, 4) is 5.75 Å². The third kappa shape index (κ3) is 8.01. The summed E-state index contributed by atoms with van der Waals surface area (Å²) < 4.78 is 57.9. The fourth-order valence-corrected chi connectivity index (χ4v) is 2.03. The molecule has 0 fully saturated rings. The minimum atomic E-state index is -3.06. The van der Waals surface area contributed by atoms with Crippen molar-refractivity contribution in [2.24, 2.45) is 5.41 Å². The van der Waals surface area contributed by atoms with Gasteiger partial charge in [-0.05, 0) is 23.1 Å². The predicted octanol–water partition coefficient (Wildman–Crippen LogP) is 3.48. The quantitative estimate of drug-likeness (QED) is 0.643. The number of amides is 1. The van der Waals surface area contributed by atoms with Crippen LogP contribution in [0.2, 0.25) is 0 Å². The number of carbonyl (C=O) groups is 1. The maximum Gasteiger partial charge on any atom is 0.387 e. The number of hydrogen-bond acceptors (Lipinski definition) is 4. The Balaban J connectivity index is 2.89. The summed E-state index contributed by atoms with van der Waals surface area (Å²) in [5.41, 5.74) is -0.292. The Morgan fingerprint density at radius 2 is 1.85 bits per heavy atom. The molecular weight excluding hydrogens is 358 g/mol. The number of ether oxygens (including phenoxy) is 2. The lowest BCUT2D eigenvalue weighted by atomic mass is 9.87. The molecular formula is C17H23F4NO4. The van der Waals surface area contributed by atoms with Crippen LogP contribution in [-0.4, -0.2) is 36.9 Å². The highest BCUT2D eigenvalue weighted by molar-refractivity contribution is 5.77. The van der Waals surface area contributed by atoms with Crippen molar-refractivity contribution in [1.29, 1.82) is 0 Å². The number of rotatable bonds is 9. The molecule has 1 rings (SSSR count). The Bertz CT molecular complexity index is 578. The Hall–Kier alpha value is -1.87. The van der Waals surface area contributed by atoms with E-state index in [1.165, 1.54) is 24.3 Å². The van der Waals surface area contributed by atoms with Gasteiger partial charge in [-0.1, -0.05) is 32.9 Å². The fraction of sp³-hybridized carbons (Fsp3) is 0.588. The Labute approximate surface area is 149 Å². The van der Waals surface area contributed by atoms with E-state index in [0.717, 1.165) is 0 Å². The van der Waals surface area contributed by atoms with E-state index < -0.39 is 43.3 Å². The van der Waals surface area contributed by atoms with Crippen molar-refractivity contribution in [3.63, 3.8) is 0 Å². The SMILES string of the molecule is CC(C)(C)[C@H](O)CC(=O)N[C@@H](COC(F)F)c1cccc(OC(F)F)c1. The zero-order valence-electron chi connectivity index (χ0n) is 14.7. The van der Waals surface area contributed by atoms with E-state index in [4.69, 9.17) is 0 Å². The summed E-state index contributed by atoms with van der Waals surface area (Å²) in [6.45, 7) is -1.45. The van der Waals surface area contributed by atoms with Crippen LogP contribution in [0.15, 0.2) is 24.3 Å². The van der Waals surface area contributed by atoms with Crippen LogP contribution in [-0.2, 0) is 9.53 Å². The van der Waals surface area contributed by atoms with Crippen LogP contribution in [0.4, 0.5) is 17.6 Å². The fourth-order valence-electron chi connectivity index (χ4n) is 2.03. The first kappa shape index (κ1) is 22.2. The number of alkyl halides is 4. The maximum absolute atomic E-state index is 12.4. The molecule has 5 nitrogen and oxygen atoms in total. The van der Waals surface area contributed by atoms with Crippen molar-refractivity contribution >= 4 is 5.91 Å². The van der Waals surface area contributed by atoms with Crippen LogP contribution in [0.5, 0.6) is 5.75 Å². The van der Waals surface area contributed by atoms with Gasteiger partial charge in [0.05, 0.1) is 25.2 Å². The van der Waals surface area contributed by atoms with Crippen LogP contribution in [0.25, 0.3) is 0 Å². The predicted molar refractivity (Wildman–Crippen MR) is 86.0 cm³/mol. The van der Waals surface area contributed by atoms with Crippen molar-refractivity contribution < 1.29 is 36.9 Å². The zero-order valence-corrected chi connectivity index (χ0v) is 14.7. The third-order valence-electron chi connectivity index (χ3n) is 3.59. The van der Waals surface area contributed by atoms with Crippen LogP contribution < -0.4 is 10.1 Å². The van der Waals surface area contributed by atoms with Crippen molar-refractivity contribution in [2.75, 3.05) is 6.61 Å². The highest BCUT2D eigenvalue weighted by Crippen LogP contribution is 2.24. The highest BCUT2D eigenvalue weighted by Gasteiger charge is 2.26. The number of benzene rings is 1. The molecule has 0 bridgehead atoms. The molecule has 1 aromatic rings. The lowest BCUT2D eigenvalue weighted by Gasteiger charge is -2.26. The molecule has 0 aliphatic carbocycles. The van der Waals surface area contributed by atoms with Gasteiger partial charge in [0.1, 0.15) is 5.75 Å². The third-order valence-corrected chi connectivity index (χ3v) is 3.59. The molecule has 0 aliphatic heterocycles. The molecule has 0 saturated carbocycles. The normalized spacial score (nSPS) is 14.4. The molecule has 26 heavy (non-hydrogen) atoms. The lowest BCUT2D eigenvalue weighted by molar-refractivity contribution is -0.140. The van der Waals surface area contributed by atoms with Crippen LogP contribution in [0, 0.1) is 5.41 Å². The Morgan fingerprint density at radius 1 is 1.19 bits per heavy atom. The van der Waals surface area contributed by atoms with E-state index in [1.807, 2.05) is 0 Å². The largest absolute Gasteiger partial charge is 0.435 e. The minimum absolute atomic E-state index is 0.177. The second-order valence-electron chi connectivity index (χ2n) is 6.75. The first-order valence-corrected chi connectivity index (χ1v) is 7.91. The second kappa shape index (κ2) is 9.72. The van der Waals surface area contributed by atoms with Gasteiger partial charge in [0.25, 0.3) is 0 Å². The molecule has 0 saturated heterocycles. The molecule has 1 aromatic carbocycles. The van der Waals surface area contributed by atoms with Crippen molar-refractivity contribution in [3.05, 3.63) is 29.8 Å². The van der Waals surface area contributed by atoms with Crippen molar-refractivity contribution in [1.82, 2.24) is 5.32 Å². The van der Waals surface area contributed by atoms with Gasteiger partial charge < -0.3 is 19.9 Å². The Kier molecular flexibility index (Phi) is 8.29.